The second-order valence-corrected chi connectivity index (χ2v) is 6.51. The molecule has 3 heterocycles. The smallest absolute Gasteiger partial charge is 0.178 e. The van der Waals surface area contributed by atoms with Gasteiger partial charge in [0.25, 0.3) is 0 Å². The topological polar surface area (TPSA) is 41.9 Å². The Morgan fingerprint density at radius 3 is 2.64 bits per heavy atom. The molecule has 2 aromatic heterocycles. The molecule has 0 saturated carbocycles. The molecule has 25 heavy (non-hydrogen) atoms. The fourth-order valence-corrected chi connectivity index (χ4v) is 3.56. The summed E-state index contributed by atoms with van der Waals surface area (Å²) in [5.41, 5.74) is 5.80. The van der Waals surface area contributed by atoms with E-state index < -0.39 is 0 Å². The van der Waals surface area contributed by atoms with E-state index in [1.807, 2.05) is 24.4 Å². The fourth-order valence-electron chi connectivity index (χ4n) is 3.56. The lowest BCUT2D eigenvalue weighted by Gasteiger charge is -2.38. The van der Waals surface area contributed by atoms with E-state index in [9.17, 15) is 0 Å². The number of nitrogens with zero attached hydrogens (tertiary/aromatic N) is 4. The molecular weight excluding hydrogens is 308 g/mol. The molecule has 1 aliphatic heterocycles. The molecule has 126 valence electrons. The number of pyridine rings is 1. The highest BCUT2D eigenvalue weighted by Crippen LogP contribution is 2.35. The SMILES string of the molecule is CCC1c2cnc(-c3ccccn3)nc2CCN1c1ccc(C)cc1. The third kappa shape index (κ3) is 3.00. The summed E-state index contributed by atoms with van der Waals surface area (Å²) in [5.74, 6) is 0.720. The maximum Gasteiger partial charge on any atom is 0.178 e. The third-order valence-corrected chi connectivity index (χ3v) is 4.87. The van der Waals surface area contributed by atoms with Gasteiger partial charge in [0.05, 0.1) is 11.7 Å². The first-order valence-electron chi connectivity index (χ1n) is 8.87. The Bertz CT molecular complexity index is 859. The molecule has 1 aliphatic rings. The molecule has 0 aliphatic carbocycles. The van der Waals surface area contributed by atoms with Gasteiger partial charge in [-0.15, -0.1) is 0 Å². The summed E-state index contributed by atoms with van der Waals surface area (Å²) in [4.78, 5) is 16.3. The number of rotatable bonds is 3. The van der Waals surface area contributed by atoms with Gasteiger partial charge in [-0.2, -0.15) is 0 Å². The van der Waals surface area contributed by atoms with Crippen LogP contribution in [-0.2, 0) is 6.42 Å². The lowest BCUT2D eigenvalue weighted by molar-refractivity contribution is 0.556. The summed E-state index contributed by atoms with van der Waals surface area (Å²) >= 11 is 0. The zero-order chi connectivity index (χ0) is 17.2. The first-order chi connectivity index (χ1) is 12.3. The average molecular weight is 330 g/mol. The van der Waals surface area contributed by atoms with E-state index in [1.165, 1.54) is 16.8 Å². The molecule has 0 bridgehead atoms. The summed E-state index contributed by atoms with van der Waals surface area (Å²) in [6, 6.07) is 15.0. The molecule has 4 heteroatoms. The Kier molecular flexibility index (Phi) is 4.18. The van der Waals surface area contributed by atoms with Gasteiger partial charge in [-0.25, -0.2) is 9.97 Å². The lowest BCUT2D eigenvalue weighted by Crippen LogP contribution is -2.36. The molecule has 1 aromatic carbocycles. The average Bonchev–Trinajstić information content (AvgIpc) is 2.68. The first kappa shape index (κ1) is 15.8. The molecule has 3 aromatic rings. The maximum atomic E-state index is 4.82. The quantitative estimate of drug-likeness (QED) is 0.715. The van der Waals surface area contributed by atoms with Crippen LogP contribution in [0.4, 0.5) is 5.69 Å². The zero-order valence-electron chi connectivity index (χ0n) is 14.7. The Morgan fingerprint density at radius 2 is 1.92 bits per heavy atom. The minimum absolute atomic E-state index is 0.323. The van der Waals surface area contributed by atoms with Crippen LogP contribution in [0.5, 0.6) is 0 Å². The van der Waals surface area contributed by atoms with Gasteiger partial charge < -0.3 is 4.90 Å². The molecule has 1 unspecified atom stereocenters. The van der Waals surface area contributed by atoms with Crippen molar-refractivity contribution in [2.24, 2.45) is 0 Å². The van der Waals surface area contributed by atoms with Crippen LogP contribution in [0, 0.1) is 6.92 Å². The predicted molar refractivity (Wildman–Crippen MR) is 101 cm³/mol. The molecular formula is C21H22N4. The molecule has 0 N–H and O–H groups in total. The van der Waals surface area contributed by atoms with Gasteiger partial charge >= 0.3 is 0 Å². The second-order valence-electron chi connectivity index (χ2n) is 6.51. The van der Waals surface area contributed by atoms with E-state index >= 15 is 0 Å². The minimum Gasteiger partial charge on any atom is -0.364 e. The summed E-state index contributed by atoms with van der Waals surface area (Å²) < 4.78 is 0. The second kappa shape index (κ2) is 6.63. The van der Waals surface area contributed by atoms with E-state index in [4.69, 9.17) is 4.98 Å². The normalized spacial score (nSPS) is 16.6. The van der Waals surface area contributed by atoms with Crippen molar-refractivity contribution in [1.29, 1.82) is 0 Å². The highest BCUT2D eigenvalue weighted by Gasteiger charge is 2.28. The zero-order valence-corrected chi connectivity index (χ0v) is 14.7. The minimum atomic E-state index is 0.323. The molecule has 4 nitrogen and oxygen atoms in total. The monoisotopic (exact) mass is 330 g/mol. The molecule has 4 rings (SSSR count). The first-order valence-corrected chi connectivity index (χ1v) is 8.87. The molecule has 0 radical (unpaired) electrons. The number of aryl methyl sites for hydroxylation is 1. The summed E-state index contributed by atoms with van der Waals surface area (Å²) in [6.45, 7) is 5.33. The highest BCUT2D eigenvalue weighted by molar-refractivity contribution is 5.54. The number of aromatic nitrogens is 3. The molecule has 0 amide bonds. The van der Waals surface area contributed by atoms with Crippen LogP contribution in [0.1, 0.15) is 36.2 Å². The fraction of sp³-hybridized carbons (Fsp3) is 0.286. The van der Waals surface area contributed by atoms with Gasteiger partial charge in [-0.3, -0.25) is 4.98 Å². The maximum absolute atomic E-state index is 4.82. The van der Waals surface area contributed by atoms with Crippen LogP contribution < -0.4 is 4.90 Å². The number of hydrogen-bond acceptors (Lipinski definition) is 4. The number of fused-ring (bicyclic) bond motifs is 1. The van der Waals surface area contributed by atoms with Gasteiger partial charge in [0, 0.05) is 36.6 Å². The Morgan fingerprint density at radius 1 is 1.08 bits per heavy atom. The Balaban J connectivity index is 1.69. The van der Waals surface area contributed by atoms with Crippen molar-refractivity contribution in [2.75, 3.05) is 11.4 Å². The van der Waals surface area contributed by atoms with Crippen molar-refractivity contribution in [2.45, 2.75) is 32.7 Å². The van der Waals surface area contributed by atoms with E-state index in [-0.39, 0.29) is 0 Å². The van der Waals surface area contributed by atoms with E-state index in [2.05, 4.69) is 53.0 Å². The Hall–Kier alpha value is -2.75. The highest BCUT2D eigenvalue weighted by atomic mass is 15.2. The van der Waals surface area contributed by atoms with Crippen LogP contribution in [0.25, 0.3) is 11.5 Å². The number of anilines is 1. The Labute approximate surface area is 148 Å². The van der Waals surface area contributed by atoms with Crippen molar-refractivity contribution in [3.05, 3.63) is 71.7 Å². The molecule has 0 fully saturated rings. The van der Waals surface area contributed by atoms with Gasteiger partial charge in [0.15, 0.2) is 5.82 Å². The van der Waals surface area contributed by atoms with Gasteiger partial charge in [-0.05, 0) is 37.6 Å². The third-order valence-electron chi connectivity index (χ3n) is 4.87. The molecule has 0 spiro atoms. The van der Waals surface area contributed by atoms with E-state index in [0.29, 0.717) is 6.04 Å². The predicted octanol–water partition coefficient (Wildman–Crippen LogP) is 4.36. The summed E-state index contributed by atoms with van der Waals surface area (Å²) in [7, 11) is 0. The molecule has 1 atom stereocenters. The van der Waals surface area contributed by atoms with Crippen molar-refractivity contribution in [3.8, 4) is 11.5 Å². The van der Waals surface area contributed by atoms with E-state index in [1.54, 1.807) is 6.20 Å². The standard InChI is InChI=1S/C21H22N4/c1-3-20-17-14-23-21(19-6-4-5-12-22-19)24-18(17)11-13-25(20)16-9-7-15(2)8-10-16/h4-10,12,14,20H,3,11,13H2,1-2H3. The van der Waals surface area contributed by atoms with Crippen LogP contribution in [0.3, 0.4) is 0 Å². The van der Waals surface area contributed by atoms with Gasteiger partial charge in [0.2, 0.25) is 0 Å². The van der Waals surface area contributed by atoms with Crippen molar-refractivity contribution >= 4 is 5.69 Å². The van der Waals surface area contributed by atoms with Crippen LogP contribution in [0.15, 0.2) is 54.9 Å². The van der Waals surface area contributed by atoms with Crippen molar-refractivity contribution in [1.82, 2.24) is 15.0 Å². The van der Waals surface area contributed by atoms with E-state index in [0.717, 1.165) is 36.6 Å². The van der Waals surface area contributed by atoms with Gasteiger partial charge in [0.1, 0.15) is 5.69 Å². The largest absolute Gasteiger partial charge is 0.364 e. The summed E-state index contributed by atoms with van der Waals surface area (Å²) in [5, 5.41) is 0. The van der Waals surface area contributed by atoms with Crippen molar-refractivity contribution < 1.29 is 0 Å². The molecule has 0 saturated heterocycles. The van der Waals surface area contributed by atoms with Gasteiger partial charge in [-0.1, -0.05) is 30.7 Å². The van der Waals surface area contributed by atoms with Crippen LogP contribution in [-0.4, -0.2) is 21.5 Å². The summed E-state index contributed by atoms with van der Waals surface area (Å²) in [6.07, 6.45) is 5.75. The number of hydrogen-bond donors (Lipinski definition) is 0. The lowest BCUT2D eigenvalue weighted by atomic mass is 9.95. The van der Waals surface area contributed by atoms with Crippen LogP contribution >= 0.6 is 0 Å². The van der Waals surface area contributed by atoms with Crippen LogP contribution in [0.2, 0.25) is 0 Å². The number of benzene rings is 1. The van der Waals surface area contributed by atoms with Crippen molar-refractivity contribution in [3.63, 3.8) is 0 Å².